The second-order valence-corrected chi connectivity index (χ2v) is 10.6. The number of fused-ring (bicyclic) bond motifs is 1. The van der Waals surface area contributed by atoms with Crippen LogP contribution in [0.4, 0.5) is 4.39 Å². The van der Waals surface area contributed by atoms with Gasteiger partial charge in [0.1, 0.15) is 5.82 Å². The van der Waals surface area contributed by atoms with E-state index in [1.54, 1.807) is 16.2 Å². The molecule has 1 atom stereocenters. The van der Waals surface area contributed by atoms with Crippen LogP contribution in [0.1, 0.15) is 29.8 Å². The molecule has 30 heavy (non-hydrogen) atoms. The molecule has 3 heterocycles. The Morgan fingerprint density at radius 3 is 2.63 bits per heavy atom. The Hall–Kier alpha value is -1.81. The lowest BCUT2D eigenvalue weighted by atomic mass is 9.98. The summed E-state index contributed by atoms with van der Waals surface area (Å²) in [5, 5.41) is 2.12. The Labute approximate surface area is 180 Å². The number of hydrogen-bond acceptors (Lipinski definition) is 5. The fraction of sp³-hybridized carbons (Fsp3) is 0.476. The largest absolute Gasteiger partial charge is 0.339 e. The summed E-state index contributed by atoms with van der Waals surface area (Å²) in [6.07, 6.45) is 1.92. The molecule has 0 saturated carbocycles. The van der Waals surface area contributed by atoms with Gasteiger partial charge in [-0.05, 0) is 48.1 Å². The molecule has 1 amide bonds. The third-order valence-corrected chi connectivity index (χ3v) is 8.85. The van der Waals surface area contributed by atoms with Crippen molar-refractivity contribution in [2.45, 2.75) is 30.7 Å². The normalized spacial score (nSPS) is 20.9. The Morgan fingerprint density at radius 1 is 1.17 bits per heavy atom. The van der Waals surface area contributed by atoms with E-state index in [9.17, 15) is 17.6 Å². The number of benzene rings is 1. The number of piperazine rings is 1. The molecular weight excluding hydrogens is 425 g/mol. The van der Waals surface area contributed by atoms with Crippen LogP contribution in [-0.2, 0) is 21.2 Å². The minimum absolute atomic E-state index is 0.0370. The number of hydrogen-bond donors (Lipinski definition) is 0. The van der Waals surface area contributed by atoms with Gasteiger partial charge in [0.05, 0.1) is 11.4 Å². The lowest BCUT2D eigenvalue weighted by molar-refractivity contribution is -0.134. The maximum atomic E-state index is 13.4. The van der Waals surface area contributed by atoms with Gasteiger partial charge in [-0.25, -0.2) is 12.8 Å². The van der Waals surface area contributed by atoms with Crippen LogP contribution in [0, 0.1) is 5.82 Å². The number of halogens is 1. The van der Waals surface area contributed by atoms with Gasteiger partial charge in [0.15, 0.2) is 0 Å². The molecule has 1 saturated heterocycles. The van der Waals surface area contributed by atoms with Crippen molar-refractivity contribution in [2.24, 2.45) is 0 Å². The van der Waals surface area contributed by atoms with Gasteiger partial charge in [-0.15, -0.1) is 11.3 Å². The van der Waals surface area contributed by atoms with E-state index in [4.69, 9.17) is 0 Å². The van der Waals surface area contributed by atoms with Crippen molar-refractivity contribution in [1.82, 2.24) is 14.1 Å². The minimum atomic E-state index is -3.75. The zero-order valence-corrected chi connectivity index (χ0v) is 18.6. The number of rotatable bonds is 5. The summed E-state index contributed by atoms with van der Waals surface area (Å²) in [5.41, 5.74) is 1.34. The van der Waals surface area contributed by atoms with E-state index in [0.717, 1.165) is 25.5 Å². The third kappa shape index (κ3) is 4.16. The highest BCUT2D eigenvalue weighted by atomic mass is 32.2. The maximum Gasteiger partial charge on any atom is 0.243 e. The summed E-state index contributed by atoms with van der Waals surface area (Å²) in [6, 6.07) is 7.48. The van der Waals surface area contributed by atoms with E-state index in [1.807, 2.05) is 0 Å². The molecule has 1 aromatic carbocycles. The zero-order chi connectivity index (χ0) is 21.3. The second kappa shape index (κ2) is 8.74. The van der Waals surface area contributed by atoms with Crippen molar-refractivity contribution in [3.8, 4) is 0 Å². The monoisotopic (exact) mass is 451 g/mol. The summed E-state index contributed by atoms with van der Waals surface area (Å²) in [5.74, 6) is -0.541. The number of sulfonamides is 1. The predicted octanol–water partition coefficient (Wildman–Crippen LogP) is 2.73. The van der Waals surface area contributed by atoms with Crippen LogP contribution in [0.15, 0.2) is 40.6 Å². The van der Waals surface area contributed by atoms with Gasteiger partial charge in [-0.1, -0.05) is 13.0 Å². The molecule has 1 aromatic heterocycles. The fourth-order valence-corrected chi connectivity index (χ4v) is 6.73. The molecule has 0 bridgehead atoms. The Balaban J connectivity index is 1.37. The highest BCUT2D eigenvalue weighted by Gasteiger charge is 2.33. The molecule has 6 nitrogen and oxygen atoms in total. The predicted molar refractivity (Wildman–Crippen MR) is 114 cm³/mol. The molecule has 0 spiro atoms. The van der Waals surface area contributed by atoms with Crippen molar-refractivity contribution in [3.05, 3.63) is 52.0 Å². The van der Waals surface area contributed by atoms with Crippen LogP contribution in [0.2, 0.25) is 0 Å². The van der Waals surface area contributed by atoms with Crippen LogP contribution in [0.25, 0.3) is 0 Å². The topological polar surface area (TPSA) is 60.9 Å². The molecule has 1 unspecified atom stereocenters. The molecule has 0 N–H and O–H groups in total. The van der Waals surface area contributed by atoms with Gasteiger partial charge in [0, 0.05) is 43.6 Å². The molecule has 1 fully saturated rings. The molecule has 4 rings (SSSR count). The van der Waals surface area contributed by atoms with Crippen molar-refractivity contribution in [3.63, 3.8) is 0 Å². The van der Waals surface area contributed by atoms with Crippen molar-refractivity contribution in [1.29, 1.82) is 0 Å². The van der Waals surface area contributed by atoms with Gasteiger partial charge >= 0.3 is 0 Å². The fourth-order valence-electron chi connectivity index (χ4n) is 4.34. The van der Waals surface area contributed by atoms with Gasteiger partial charge < -0.3 is 4.90 Å². The number of carbonyl (C=O) groups excluding carboxylic acids is 1. The van der Waals surface area contributed by atoms with E-state index < -0.39 is 15.8 Å². The van der Waals surface area contributed by atoms with Crippen molar-refractivity contribution < 1.29 is 17.6 Å². The summed E-state index contributed by atoms with van der Waals surface area (Å²) < 4.78 is 40.3. The maximum absolute atomic E-state index is 13.4. The van der Waals surface area contributed by atoms with Gasteiger partial charge in [-0.3, -0.25) is 9.69 Å². The average molecular weight is 452 g/mol. The highest BCUT2D eigenvalue weighted by Crippen LogP contribution is 2.35. The van der Waals surface area contributed by atoms with Crippen LogP contribution >= 0.6 is 11.3 Å². The Morgan fingerprint density at radius 2 is 1.93 bits per heavy atom. The quantitative estimate of drug-likeness (QED) is 0.701. The molecule has 9 heteroatoms. The summed E-state index contributed by atoms with van der Waals surface area (Å²) >= 11 is 1.79. The molecule has 2 aromatic rings. The molecule has 0 radical (unpaired) electrons. The second-order valence-electron chi connectivity index (χ2n) is 7.69. The van der Waals surface area contributed by atoms with E-state index in [-0.39, 0.29) is 29.9 Å². The first-order valence-corrected chi connectivity index (χ1v) is 12.6. The van der Waals surface area contributed by atoms with E-state index in [0.29, 0.717) is 19.6 Å². The summed E-state index contributed by atoms with van der Waals surface area (Å²) in [7, 11) is -3.75. The number of thiophene rings is 1. The summed E-state index contributed by atoms with van der Waals surface area (Å²) in [6.45, 7) is 4.50. The van der Waals surface area contributed by atoms with Crippen molar-refractivity contribution >= 4 is 27.3 Å². The van der Waals surface area contributed by atoms with Crippen LogP contribution in [0.3, 0.4) is 0 Å². The average Bonchev–Trinajstić information content (AvgIpc) is 3.22. The number of carbonyl (C=O) groups is 1. The first-order valence-electron chi connectivity index (χ1n) is 10.2. The zero-order valence-electron chi connectivity index (χ0n) is 17.0. The van der Waals surface area contributed by atoms with Crippen molar-refractivity contribution in [2.75, 3.05) is 39.3 Å². The smallest absolute Gasteiger partial charge is 0.243 e. The SMILES string of the molecule is CCC1c2ccsc2CCN1CC(=O)N1CCN(S(=O)(=O)c2cccc(F)c2)CC1. The molecule has 2 aliphatic rings. The first kappa shape index (κ1) is 21.4. The first-order chi connectivity index (χ1) is 14.4. The summed E-state index contributed by atoms with van der Waals surface area (Å²) in [4.78, 5) is 18.3. The highest BCUT2D eigenvalue weighted by molar-refractivity contribution is 7.89. The standard InChI is InChI=1S/C21H26FN3O3S2/c1-2-19-18-7-13-29-20(18)6-8-24(19)15-21(26)23-9-11-25(12-10-23)30(27,28)17-5-3-4-16(22)14-17/h3-5,7,13-14,19H,2,6,8-12,15H2,1H3. The molecule has 0 aliphatic carbocycles. The number of amides is 1. The van der Waals surface area contributed by atoms with E-state index in [2.05, 4.69) is 23.3 Å². The molecular formula is C21H26FN3O3S2. The lowest BCUT2D eigenvalue weighted by Gasteiger charge is -2.38. The lowest BCUT2D eigenvalue weighted by Crippen LogP contribution is -2.53. The van der Waals surface area contributed by atoms with Gasteiger partial charge in [0.2, 0.25) is 15.9 Å². The minimum Gasteiger partial charge on any atom is -0.339 e. The molecule has 162 valence electrons. The van der Waals surface area contributed by atoms with E-state index in [1.165, 1.54) is 32.9 Å². The van der Waals surface area contributed by atoms with Crippen LogP contribution < -0.4 is 0 Å². The van der Waals surface area contributed by atoms with Gasteiger partial charge in [0.25, 0.3) is 0 Å². The Kier molecular flexibility index (Phi) is 6.24. The Bertz CT molecular complexity index is 1020. The number of nitrogens with zero attached hydrogens (tertiary/aromatic N) is 3. The van der Waals surface area contributed by atoms with Crippen LogP contribution in [0.5, 0.6) is 0 Å². The van der Waals surface area contributed by atoms with E-state index >= 15 is 0 Å². The van der Waals surface area contributed by atoms with Gasteiger partial charge in [-0.2, -0.15) is 4.31 Å². The third-order valence-electron chi connectivity index (χ3n) is 5.96. The van der Waals surface area contributed by atoms with Crippen LogP contribution in [-0.4, -0.2) is 67.7 Å². The molecule has 2 aliphatic heterocycles.